The molecule has 0 radical (unpaired) electrons. The summed E-state index contributed by atoms with van der Waals surface area (Å²) in [6.07, 6.45) is 0.916. The third-order valence-electron chi connectivity index (χ3n) is 2.35. The zero-order chi connectivity index (χ0) is 11.6. The Labute approximate surface area is 104 Å². The Morgan fingerprint density at radius 2 is 2.31 bits per heavy atom. The quantitative estimate of drug-likeness (QED) is 0.861. The van der Waals surface area contributed by atoms with Crippen LogP contribution in [0.3, 0.4) is 0 Å². The van der Waals surface area contributed by atoms with Crippen molar-refractivity contribution in [2.24, 2.45) is 5.73 Å². The summed E-state index contributed by atoms with van der Waals surface area (Å²) in [5.74, 6) is 1.90. The molecule has 4 nitrogen and oxygen atoms in total. The van der Waals surface area contributed by atoms with Crippen LogP contribution in [0.4, 0.5) is 0 Å². The van der Waals surface area contributed by atoms with Crippen LogP contribution in [-0.2, 0) is 16.6 Å². The van der Waals surface area contributed by atoms with Crippen LogP contribution in [0, 0.1) is 0 Å². The minimum atomic E-state index is -3.33. The van der Waals surface area contributed by atoms with E-state index in [1.807, 2.05) is 0 Å². The van der Waals surface area contributed by atoms with E-state index >= 15 is 0 Å². The molecule has 2 heterocycles. The Morgan fingerprint density at radius 3 is 2.88 bits per heavy atom. The molecule has 0 spiro atoms. The van der Waals surface area contributed by atoms with E-state index in [9.17, 15) is 8.42 Å². The Balaban J connectivity index is 2.11. The molecule has 1 aromatic rings. The average Bonchev–Trinajstić information content (AvgIpc) is 2.85. The molecule has 7 heteroatoms. The normalized spacial score (nSPS) is 21.4. The molecule has 3 N–H and O–H groups in total. The fourth-order valence-electron chi connectivity index (χ4n) is 1.52. The molecule has 16 heavy (non-hydrogen) atoms. The summed E-state index contributed by atoms with van der Waals surface area (Å²) >= 11 is 3.03. The van der Waals surface area contributed by atoms with E-state index < -0.39 is 10.0 Å². The van der Waals surface area contributed by atoms with E-state index in [2.05, 4.69) is 4.72 Å². The van der Waals surface area contributed by atoms with Gasteiger partial charge in [0.25, 0.3) is 0 Å². The molecule has 1 aliphatic heterocycles. The second-order valence-corrected chi connectivity index (χ2v) is 7.87. The highest BCUT2D eigenvalue weighted by Gasteiger charge is 2.24. The summed E-state index contributed by atoms with van der Waals surface area (Å²) in [5, 5.41) is 0. The van der Waals surface area contributed by atoms with Gasteiger partial charge in [-0.2, -0.15) is 11.8 Å². The van der Waals surface area contributed by atoms with Crippen molar-refractivity contribution in [2.75, 3.05) is 11.5 Å². The maximum absolute atomic E-state index is 12.0. The van der Waals surface area contributed by atoms with Gasteiger partial charge in [0.05, 0.1) is 0 Å². The van der Waals surface area contributed by atoms with E-state index in [0.29, 0.717) is 10.8 Å². The van der Waals surface area contributed by atoms with E-state index in [0.717, 1.165) is 22.8 Å². The average molecular weight is 278 g/mol. The monoisotopic (exact) mass is 278 g/mol. The van der Waals surface area contributed by atoms with Crippen LogP contribution in [-0.4, -0.2) is 26.0 Å². The van der Waals surface area contributed by atoms with Crippen molar-refractivity contribution < 1.29 is 8.42 Å². The molecule has 0 amide bonds. The zero-order valence-corrected chi connectivity index (χ0v) is 11.1. The van der Waals surface area contributed by atoms with E-state index in [1.54, 1.807) is 23.9 Å². The lowest BCUT2D eigenvalue weighted by atomic mass is 10.3. The lowest BCUT2D eigenvalue weighted by molar-refractivity contribution is 0.565. The minimum absolute atomic E-state index is 0.0819. The van der Waals surface area contributed by atoms with Gasteiger partial charge in [-0.3, -0.25) is 0 Å². The molecule has 1 aliphatic rings. The molecule has 0 aliphatic carbocycles. The molecular formula is C9H14N2O2S3. The van der Waals surface area contributed by atoms with Gasteiger partial charge in [0.15, 0.2) is 0 Å². The van der Waals surface area contributed by atoms with Crippen molar-refractivity contribution >= 4 is 33.1 Å². The molecule has 0 bridgehead atoms. The summed E-state index contributed by atoms with van der Waals surface area (Å²) in [4.78, 5) is 0.890. The molecule has 1 unspecified atom stereocenters. The predicted molar refractivity (Wildman–Crippen MR) is 68.3 cm³/mol. The fraction of sp³-hybridized carbons (Fsp3) is 0.556. The van der Waals surface area contributed by atoms with Gasteiger partial charge in [0, 0.05) is 23.2 Å². The van der Waals surface area contributed by atoms with Crippen molar-refractivity contribution in [2.45, 2.75) is 23.2 Å². The molecule has 2 rings (SSSR count). The number of rotatable bonds is 4. The number of nitrogens with two attached hydrogens (primary N) is 1. The Kier molecular flexibility index (Phi) is 3.91. The standard InChI is InChI=1S/C9H14N2O2S3/c10-5-8-1-2-9(15-8)16(12,13)11-7-3-4-14-6-7/h1-2,7,11H,3-6,10H2. The van der Waals surface area contributed by atoms with Crippen LogP contribution in [0.2, 0.25) is 0 Å². The maximum Gasteiger partial charge on any atom is 0.250 e. The largest absolute Gasteiger partial charge is 0.326 e. The summed E-state index contributed by atoms with van der Waals surface area (Å²) in [7, 11) is -3.33. The van der Waals surface area contributed by atoms with Crippen molar-refractivity contribution in [3.8, 4) is 0 Å². The number of thioether (sulfide) groups is 1. The van der Waals surface area contributed by atoms with Crippen LogP contribution in [0.1, 0.15) is 11.3 Å². The SMILES string of the molecule is NCc1ccc(S(=O)(=O)NC2CCSC2)s1. The van der Waals surface area contributed by atoms with Gasteiger partial charge in [0.2, 0.25) is 10.0 Å². The number of thiophene rings is 1. The van der Waals surface area contributed by atoms with E-state index in [-0.39, 0.29) is 6.04 Å². The topological polar surface area (TPSA) is 72.2 Å². The van der Waals surface area contributed by atoms with Crippen LogP contribution in [0.25, 0.3) is 0 Å². The minimum Gasteiger partial charge on any atom is -0.326 e. The first-order valence-corrected chi connectivity index (χ1v) is 8.46. The van der Waals surface area contributed by atoms with Crippen LogP contribution in [0.5, 0.6) is 0 Å². The summed E-state index contributed by atoms with van der Waals surface area (Å²) in [6.45, 7) is 0.388. The summed E-state index contributed by atoms with van der Waals surface area (Å²) in [6, 6.07) is 3.47. The Morgan fingerprint density at radius 1 is 1.50 bits per heavy atom. The van der Waals surface area contributed by atoms with E-state index in [4.69, 9.17) is 5.73 Å². The predicted octanol–water partition coefficient (Wildman–Crippen LogP) is 0.991. The van der Waals surface area contributed by atoms with Gasteiger partial charge in [-0.15, -0.1) is 11.3 Å². The highest BCUT2D eigenvalue weighted by molar-refractivity contribution is 7.99. The first kappa shape index (κ1) is 12.4. The number of hydrogen-bond donors (Lipinski definition) is 2. The molecule has 90 valence electrons. The second kappa shape index (κ2) is 5.05. The van der Waals surface area contributed by atoms with Gasteiger partial charge < -0.3 is 5.73 Å². The highest BCUT2D eigenvalue weighted by Crippen LogP contribution is 2.23. The van der Waals surface area contributed by atoms with Crippen molar-refractivity contribution in [3.63, 3.8) is 0 Å². The highest BCUT2D eigenvalue weighted by atomic mass is 32.2. The molecule has 1 fully saturated rings. The summed E-state index contributed by atoms with van der Waals surface area (Å²) < 4.78 is 27.0. The van der Waals surface area contributed by atoms with E-state index in [1.165, 1.54) is 11.3 Å². The van der Waals surface area contributed by atoms with Gasteiger partial charge in [-0.25, -0.2) is 13.1 Å². The first-order chi connectivity index (χ1) is 7.62. The number of nitrogens with one attached hydrogen (secondary N) is 1. The number of hydrogen-bond acceptors (Lipinski definition) is 5. The van der Waals surface area contributed by atoms with Gasteiger partial charge >= 0.3 is 0 Å². The smallest absolute Gasteiger partial charge is 0.250 e. The van der Waals surface area contributed by atoms with Crippen LogP contribution < -0.4 is 10.5 Å². The molecular weight excluding hydrogens is 264 g/mol. The van der Waals surface area contributed by atoms with Gasteiger partial charge in [-0.1, -0.05) is 0 Å². The molecule has 0 saturated carbocycles. The Bertz CT molecular complexity index is 449. The second-order valence-electron chi connectivity index (χ2n) is 3.61. The number of sulfonamides is 1. The first-order valence-electron chi connectivity index (χ1n) is 5.00. The molecule has 1 aromatic heterocycles. The van der Waals surface area contributed by atoms with Crippen molar-refractivity contribution in [1.82, 2.24) is 4.72 Å². The lowest BCUT2D eigenvalue weighted by Crippen LogP contribution is -2.34. The fourth-order valence-corrected chi connectivity index (χ4v) is 5.30. The van der Waals surface area contributed by atoms with Crippen LogP contribution in [0.15, 0.2) is 16.3 Å². The molecule has 1 atom stereocenters. The van der Waals surface area contributed by atoms with Crippen molar-refractivity contribution in [1.29, 1.82) is 0 Å². The Hall–Kier alpha value is -0.0800. The summed E-state index contributed by atoms with van der Waals surface area (Å²) in [5.41, 5.74) is 5.46. The third kappa shape index (κ3) is 2.78. The van der Waals surface area contributed by atoms with Crippen molar-refractivity contribution in [3.05, 3.63) is 17.0 Å². The van der Waals surface area contributed by atoms with Crippen LogP contribution >= 0.6 is 23.1 Å². The lowest BCUT2D eigenvalue weighted by Gasteiger charge is -2.10. The molecule has 0 aromatic carbocycles. The zero-order valence-electron chi connectivity index (χ0n) is 8.68. The third-order valence-corrected chi connectivity index (χ3v) is 6.64. The van der Waals surface area contributed by atoms with Gasteiger partial charge in [-0.05, 0) is 24.3 Å². The maximum atomic E-state index is 12.0. The molecule has 1 saturated heterocycles. The van der Waals surface area contributed by atoms with Gasteiger partial charge in [0.1, 0.15) is 4.21 Å².